The van der Waals surface area contributed by atoms with Crippen LogP contribution in [0.4, 0.5) is 0 Å². The molecule has 0 aliphatic heterocycles. The van der Waals surface area contributed by atoms with Crippen LogP contribution >= 0.6 is 0 Å². The van der Waals surface area contributed by atoms with Gasteiger partial charge in [0.25, 0.3) is 0 Å². The third-order valence-electron chi connectivity index (χ3n) is 5.79. The van der Waals surface area contributed by atoms with Crippen molar-refractivity contribution in [3.8, 4) is 23.1 Å². The predicted octanol–water partition coefficient (Wildman–Crippen LogP) is 3.34. The van der Waals surface area contributed by atoms with E-state index in [2.05, 4.69) is 22.4 Å². The van der Waals surface area contributed by atoms with Gasteiger partial charge in [-0.3, -0.25) is 4.98 Å². The molecule has 1 heterocycles. The first-order valence-electron chi connectivity index (χ1n) is 9.73. The predicted molar refractivity (Wildman–Crippen MR) is 105 cm³/mol. The van der Waals surface area contributed by atoms with E-state index >= 15 is 0 Å². The van der Waals surface area contributed by atoms with E-state index in [0.29, 0.717) is 35.4 Å². The maximum absolute atomic E-state index is 9.19. The first-order chi connectivity index (χ1) is 13.2. The molecule has 0 radical (unpaired) electrons. The molecule has 1 aromatic heterocycles. The molecule has 0 spiro atoms. The van der Waals surface area contributed by atoms with Crippen LogP contribution in [0, 0.1) is 11.3 Å². The molecule has 2 unspecified atom stereocenters. The highest BCUT2D eigenvalue weighted by Crippen LogP contribution is 2.42. The Morgan fingerprint density at radius 2 is 2.00 bits per heavy atom. The van der Waals surface area contributed by atoms with Crippen molar-refractivity contribution in [1.29, 1.82) is 5.26 Å². The van der Waals surface area contributed by atoms with E-state index in [0.717, 1.165) is 24.1 Å². The van der Waals surface area contributed by atoms with Crippen LogP contribution in [0.15, 0.2) is 36.5 Å². The third kappa shape index (κ3) is 4.13. The molecule has 2 aliphatic rings. The number of hydrogen-bond donors (Lipinski definition) is 2. The zero-order chi connectivity index (χ0) is 18.8. The van der Waals surface area contributed by atoms with E-state index in [-0.39, 0.29) is 0 Å². The van der Waals surface area contributed by atoms with Crippen molar-refractivity contribution in [2.75, 3.05) is 7.11 Å². The Labute approximate surface area is 160 Å². The smallest absolute Gasteiger partial charge is 0.120 e. The van der Waals surface area contributed by atoms with Crippen molar-refractivity contribution in [2.45, 2.75) is 56.1 Å². The highest BCUT2D eigenvalue weighted by molar-refractivity contribution is 5.64. The van der Waals surface area contributed by atoms with Crippen LogP contribution < -0.4 is 15.8 Å². The number of aromatic nitrogens is 1. The van der Waals surface area contributed by atoms with Gasteiger partial charge in [-0.1, -0.05) is 6.07 Å². The minimum atomic E-state index is 0.396. The Kier molecular flexibility index (Phi) is 5.11. The lowest BCUT2D eigenvalue weighted by Crippen LogP contribution is -2.38. The molecule has 140 valence electrons. The molecular formula is C22H26N4O. The van der Waals surface area contributed by atoms with Gasteiger partial charge in [-0.15, -0.1) is 0 Å². The Balaban J connectivity index is 1.41. The molecule has 27 heavy (non-hydrogen) atoms. The molecule has 2 aliphatic carbocycles. The summed E-state index contributed by atoms with van der Waals surface area (Å²) in [5.41, 5.74) is 9.63. The molecule has 2 saturated carbocycles. The molecule has 5 nitrogen and oxygen atoms in total. The first kappa shape index (κ1) is 18.0. The van der Waals surface area contributed by atoms with E-state index in [4.69, 9.17) is 10.5 Å². The lowest BCUT2D eigenvalue weighted by Gasteiger charge is -2.27. The summed E-state index contributed by atoms with van der Waals surface area (Å²) < 4.78 is 5.29. The van der Waals surface area contributed by atoms with Gasteiger partial charge in [-0.2, -0.15) is 5.26 Å². The van der Waals surface area contributed by atoms with E-state index in [9.17, 15) is 5.26 Å². The van der Waals surface area contributed by atoms with Crippen molar-refractivity contribution >= 4 is 0 Å². The summed E-state index contributed by atoms with van der Waals surface area (Å²) in [4.78, 5) is 4.64. The van der Waals surface area contributed by atoms with Crippen LogP contribution in [0.25, 0.3) is 11.3 Å². The number of nitrogens with zero attached hydrogens (tertiary/aromatic N) is 2. The molecule has 2 atom stereocenters. The third-order valence-corrected chi connectivity index (χ3v) is 5.79. The van der Waals surface area contributed by atoms with Gasteiger partial charge in [0, 0.05) is 35.8 Å². The molecule has 0 bridgehead atoms. The fourth-order valence-electron chi connectivity index (χ4n) is 4.06. The van der Waals surface area contributed by atoms with E-state index < -0.39 is 0 Å². The molecule has 4 rings (SSSR count). The van der Waals surface area contributed by atoms with Crippen molar-refractivity contribution in [1.82, 2.24) is 10.3 Å². The average Bonchev–Trinajstić information content (AvgIpc) is 3.48. The SMILES string of the molecule is COc1cc(C#N)cc(-c2ccc(C3CC3N[C@H]3CC[C@H](N)CC3)cn2)c1. The quantitative estimate of drug-likeness (QED) is 0.852. The molecule has 5 heteroatoms. The second-order valence-corrected chi connectivity index (χ2v) is 7.77. The maximum atomic E-state index is 9.19. The van der Waals surface area contributed by atoms with Crippen LogP contribution in [-0.4, -0.2) is 30.2 Å². The van der Waals surface area contributed by atoms with Crippen LogP contribution in [0.2, 0.25) is 0 Å². The highest BCUT2D eigenvalue weighted by atomic mass is 16.5. The molecular weight excluding hydrogens is 336 g/mol. The average molecular weight is 362 g/mol. The standard InChI is InChI=1S/C22H26N4O/c1-27-19-9-14(12-23)8-16(10-19)21-7-2-15(13-25-21)20-11-22(20)26-18-5-3-17(24)4-6-18/h2,7-10,13,17-18,20,22,26H,3-6,11,24H2,1H3/t17-,18-,20?,22?. The largest absolute Gasteiger partial charge is 0.497 e. The fraction of sp³-hybridized carbons (Fsp3) is 0.455. The summed E-state index contributed by atoms with van der Waals surface area (Å²) in [5.74, 6) is 1.23. The molecule has 2 aromatic rings. The Hall–Kier alpha value is -2.42. The van der Waals surface area contributed by atoms with Crippen molar-refractivity contribution in [3.05, 3.63) is 47.7 Å². The van der Waals surface area contributed by atoms with Gasteiger partial charge in [-0.05, 0) is 61.9 Å². The number of methoxy groups -OCH3 is 1. The summed E-state index contributed by atoms with van der Waals surface area (Å²) in [6.45, 7) is 0. The normalized spacial score (nSPS) is 27.0. The molecule has 0 saturated heterocycles. The second kappa shape index (κ2) is 7.67. The number of benzene rings is 1. The number of nitrogens with two attached hydrogens (primary N) is 1. The fourth-order valence-corrected chi connectivity index (χ4v) is 4.06. The first-order valence-corrected chi connectivity index (χ1v) is 9.73. The Morgan fingerprint density at radius 3 is 2.67 bits per heavy atom. The van der Waals surface area contributed by atoms with E-state index in [1.807, 2.05) is 24.4 Å². The summed E-state index contributed by atoms with van der Waals surface area (Å²) >= 11 is 0. The number of rotatable bonds is 5. The zero-order valence-electron chi connectivity index (χ0n) is 15.7. The second-order valence-electron chi connectivity index (χ2n) is 7.77. The monoisotopic (exact) mass is 362 g/mol. The number of nitriles is 1. The van der Waals surface area contributed by atoms with Crippen LogP contribution in [0.5, 0.6) is 5.75 Å². The van der Waals surface area contributed by atoms with Gasteiger partial charge in [0.2, 0.25) is 0 Å². The molecule has 3 N–H and O–H groups in total. The lowest BCUT2D eigenvalue weighted by atomic mass is 9.92. The van der Waals surface area contributed by atoms with Crippen molar-refractivity contribution in [3.63, 3.8) is 0 Å². The zero-order valence-corrected chi connectivity index (χ0v) is 15.7. The van der Waals surface area contributed by atoms with Gasteiger partial charge in [0.15, 0.2) is 0 Å². The van der Waals surface area contributed by atoms with Gasteiger partial charge in [-0.25, -0.2) is 0 Å². The molecule has 1 aromatic carbocycles. The highest BCUT2D eigenvalue weighted by Gasteiger charge is 2.40. The Bertz CT molecular complexity index is 834. The number of ether oxygens (including phenoxy) is 1. The minimum absolute atomic E-state index is 0.396. The van der Waals surface area contributed by atoms with Gasteiger partial charge < -0.3 is 15.8 Å². The van der Waals surface area contributed by atoms with Gasteiger partial charge >= 0.3 is 0 Å². The molecule has 0 amide bonds. The minimum Gasteiger partial charge on any atom is -0.497 e. The van der Waals surface area contributed by atoms with Gasteiger partial charge in [0.1, 0.15) is 5.75 Å². The lowest BCUT2D eigenvalue weighted by molar-refractivity contribution is 0.339. The van der Waals surface area contributed by atoms with Crippen LogP contribution in [0.1, 0.15) is 49.1 Å². The van der Waals surface area contributed by atoms with Crippen molar-refractivity contribution in [2.24, 2.45) is 5.73 Å². The van der Waals surface area contributed by atoms with Crippen LogP contribution in [-0.2, 0) is 0 Å². The van der Waals surface area contributed by atoms with E-state index in [1.165, 1.54) is 24.8 Å². The summed E-state index contributed by atoms with van der Waals surface area (Å²) in [7, 11) is 1.61. The summed E-state index contributed by atoms with van der Waals surface area (Å²) in [6, 6.07) is 13.5. The maximum Gasteiger partial charge on any atom is 0.120 e. The van der Waals surface area contributed by atoms with Crippen LogP contribution in [0.3, 0.4) is 0 Å². The van der Waals surface area contributed by atoms with Crippen molar-refractivity contribution < 1.29 is 4.74 Å². The number of pyridine rings is 1. The molecule has 2 fully saturated rings. The van der Waals surface area contributed by atoms with E-state index in [1.54, 1.807) is 13.2 Å². The summed E-state index contributed by atoms with van der Waals surface area (Å²) in [6.07, 6.45) is 7.82. The Morgan fingerprint density at radius 1 is 1.19 bits per heavy atom. The number of nitrogens with one attached hydrogen (secondary N) is 1. The number of hydrogen-bond acceptors (Lipinski definition) is 5. The topological polar surface area (TPSA) is 84.0 Å². The summed E-state index contributed by atoms with van der Waals surface area (Å²) in [5, 5.41) is 13.0. The van der Waals surface area contributed by atoms with Gasteiger partial charge in [0.05, 0.1) is 24.4 Å².